The first-order chi connectivity index (χ1) is 13.4. The number of benzene rings is 1. The zero-order valence-corrected chi connectivity index (χ0v) is 16.0. The van der Waals surface area contributed by atoms with E-state index in [-0.39, 0.29) is 29.9 Å². The zero-order valence-electron chi connectivity index (χ0n) is 16.0. The van der Waals surface area contributed by atoms with Crippen molar-refractivity contribution in [3.05, 3.63) is 51.2 Å². The van der Waals surface area contributed by atoms with Crippen LogP contribution >= 0.6 is 0 Å². The van der Waals surface area contributed by atoms with Crippen molar-refractivity contribution in [2.45, 2.75) is 45.8 Å². The topological polar surface area (TPSA) is 78.5 Å². The van der Waals surface area contributed by atoms with E-state index in [1.54, 1.807) is 31.0 Å². The average molecular weight is 386 g/mol. The quantitative estimate of drug-likeness (QED) is 0.871. The Balaban J connectivity index is 1.50. The van der Waals surface area contributed by atoms with Crippen LogP contribution < -0.4 is 15.2 Å². The number of rotatable bonds is 4. The van der Waals surface area contributed by atoms with Crippen molar-refractivity contribution in [1.82, 2.24) is 15.1 Å². The highest BCUT2D eigenvalue weighted by atomic mass is 19.1. The number of amides is 1. The van der Waals surface area contributed by atoms with Crippen molar-refractivity contribution in [2.75, 3.05) is 18.1 Å². The molecule has 1 aromatic heterocycles. The lowest BCUT2D eigenvalue weighted by atomic mass is 10.1. The van der Waals surface area contributed by atoms with Crippen LogP contribution in [0.3, 0.4) is 0 Å². The normalized spacial score (nSPS) is 18.5. The van der Waals surface area contributed by atoms with E-state index < -0.39 is 5.82 Å². The number of carbonyl (C=O) groups is 1. The van der Waals surface area contributed by atoms with Crippen molar-refractivity contribution in [3.63, 3.8) is 0 Å². The number of likely N-dealkylation sites (tertiary alicyclic amines) is 1. The molecule has 1 atom stereocenters. The summed E-state index contributed by atoms with van der Waals surface area (Å²) in [6, 6.07) is 3.22. The fourth-order valence-electron chi connectivity index (χ4n) is 4.06. The number of ether oxygens (including phenoxy) is 1. The first kappa shape index (κ1) is 18.5. The summed E-state index contributed by atoms with van der Waals surface area (Å²) in [6.07, 6.45) is 3.43. The number of carbonyl (C=O) groups excluding carboxylic acids is 1. The molecule has 1 amide bonds. The number of H-pyrrole nitrogens is 1. The molecule has 4 rings (SSSR count). The molecule has 148 valence electrons. The van der Waals surface area contributed by atoms with Gasteiger partial charge in [-0.2, -0.15) is 5.10 Å². The Labute approximate surface area is 162 Å². The summed E-state index contributed by atoms with van der Waals surface area (Å²) < 4.78 is 20.3. The van der Waals surface area contributed by atoms with Crippen molar-refractivity contribution in [2.24, 2.45) is 0 Å². The molecule has 2 aliphatic rings. The highest BCUT2D eigenvalue weighted by Crippen LogP contribution is 2.33. The second-order valence-electron chi connectivity index (χ2n) is 7.44. The largest absolute Gasteiger partial charge is 0.488 e. The number of hydrogen-bond acceptors (Lipinski definition) is 5. The lowest BCUT2D eigenvalue weighted by molar-refractivity contribution is -0.130. The van der Waals surface area contributed by atoms with E-state index in [1.807, 2.05) is 4.90 Å². The van der Waals surface area contributed by atoms with Crippen molar-refractivity contribution >= 4 is 11.6 Å². The van der Waals surface area contributed by atoms with E-state index in [0.29, 0.717) is 18.7 Å². The Hall–Kier alpha value is -2.90. The molecule has 1 fully saturated rings. The number of fused-ring (bicyclic) bond motifs is 1. The molecular weight excluding hydrogens is 363 g/mol. The van der Waals surface area contributed by atoms with Gasteiger partial charge in [0.15, 0.2) is 11.6 Å². The van der Waals surface area contributed by atoms with E-state index in [9.17, 15) is 14.0 Å². The molecule has 1 unspecified atom stereocenters. The van der Waals surface area contributed by atoms with Gasteiger partial charge in [-0.1, -0.05) is 0 Å². The van der Waals surface area contributed by atoms with Gasteiger partial charge < -0.3 is 14.5 Å². The SMILES string of the molecule is CC(=O)N1CCCC1COc1cc2c(cc1F)CN(c1cn[nH]c(=O)c1C)C2. The van der Waals surface area contributed by atoms with Gasteiger partial charge in [-0.25, -0.2) is 9.49 Å². The van der Waals surface area contributed by atoms with Crippen molar-refractivity contribution < 1.29 is 13.9 Å². The Kier molecular flexibility index (Phi) is 4.78. The average Bonchev–Trinajstić information content (AvgIpc) is 3.28. The number of nitrogens with zero attached hydrogens (tertiary/aromatic N) is 3. The molecule has 1 aromatic carbocycles. The van der Waals surface area contributed by atoms with Gasteiger partial charge in [0.05, 0.1) is 17.9 Å². The van der Waals surface area contributed by atoms with Crippen molar-refractivity contribution in [1.29, 1.82) is 0 Å². The minimum absolute atomic E-state index is 0.00794. The highest BCUT2D eigenvalue weighted by Gasteiger charge is 2.28. The molecule has 8 heteroatoms. The third-order valence-electron chi connectivity index (χ3n) is 5.61. The van der Waals surface area contributed by atoms with Crippen LogP contribution in [-0.2, 0) is 17.9 Å². The van der Waals surface area contributed by atoms with Crippen LogP contribution in [0.2, 0.25) is 0 Å². The van der Waals surface area contributed by atoms with Gasteiger partial charge in [0.25, 0.3) is 5.56 Å². The second-order valence-corrected chi connectivity index (χ2v) is 7.44. The highest BCUT2D eigenvalue weighted by molar-refractivity contribution is 5.73. The maximum atomic E-state index is 14.6. The molecule has 0 radical (unpaired) electrons. The van der Waals surface area contributed by atoms with Gasteiger partial charge in [0.1, 0.15) is 6.61 Å². The number of aromatic amines is 1. The van der Waals surface area contributed by atoms with Gasteiger partial charge in [-0.15, -0.1) is 0 Å². The van der Waals surface area contributed by atoms with Gasteiger partial charge in [0, 0.05) is 32.1 Å². The van der Waals surface area contributed by atoms with E-state index in [1.165, 1.54) is 6.07 Å². The van der Waals surface area contributed by atoms with E-state index in [2.05, 4.69) is 10.2 Å². The van der Waals surface area contributed by atoms with Crippen LogP contribution in [0.5, 0.6) is 5.75 Å². The molecule has 0 spiro atoms. The monoisotopic (exact) mass is 386 g/mol. The lowest BCUT2D eigenvalue weighted by Crippen LogP contribution is -2.37. The van der Waals surface area contributed by atoms with Crippen LogP contribution in [-0.4, -0.2) is 40.2 Å². The summed E-state index contributed by atoms with van der Waals surface area (Å²) in [4.78, 5) is 27.3. The summed E-state index contributed by atoms with van der Waals surface area (Å²) in [5, 5.41) is 6.29. The number of nitrogens with one attached hydrogen (secondary N) is 1. The van der Waals surface area contributed by atoms with Gasteiger partial charge in [-0.3, -0.25) is 9.59 Å². The lowest BCUT2D eigenvalue weighted by Gasteiger charge is -2.23. The molecule has 7 nitrogen and oxygen atoms in total. The van der Waals surface area contributed by atoms with Crippen LogP contribution in [0, 0.1) is 12.7 Å². The van der Waals surface area contributed by atoms with Gasteiger partial charge in [0.2, 0.25) is 5.91 Å². The molecule has 1 N–H and O–H groups in total. The maximum absolute atomic E-state index is 14.6. The van der Waals surface area contributed by atoms with Crippen LogP contribution in [0.15, 0.2) is 23.1 Å². The summed E-state index contributed by atoms with van der Waals surface area (Å²) >= 11 is 0. The third-order valence-corrected chi connectivity index (χ3v) is 5.61. The minimum Gasteiger partial charge on any atom is -0.488 e. The molecule has 1 saturated heterocycles. The summed E-state index contributed by atoms with van der Waals surface area (Å²) in [7, 11) is 0. The molecule has 0 bridgehead atoms. The van der Waals surface area contributed by atoms with Crippen molar-refractivity contribution in [3.8, 4) is 5.75 Å². The predicted molar refractivity (Wildman–Crippen MR) is 102 cm³/mol. The number of hydrogen-bond donors (Lipinski definition) is 1. The van der Waals surface area contributed by atoms with Crippen LogP contribution in [0.25, 0.3) is 0 Å². The minimum atomic E-state index is -0.409. The first-order valence-electron chi connectivity index (χ1n) is 9.44. The smallest absolute Gasteiger partial charge is 0.269 e. The molecule has 28 heavy (non-hydrogen) atoms. The van der Waals surface area contributed by atoms with Crippen LogP contribution in [0.4, 0.5) is 10.1 Å². The molecule has 2 aromatic rings. The van der Waals surface area contributed by atoms with Crippen LogP contribution in [0.1, 0.15) is 36.5 Å². The summed E-state index contributed by atoms with van der Waals surface area (Å²) in [5.41, 5.74) is 2.94. The maximum Gasteiger partial charge on any atom is 0.269 e. The molecular formula is C20H23FN4O3. The number of aromatic nitrogens is 2. The first-order valence-corrected chi connectivity index (χ1v) is 9.44. The standard InChI is InChI=1S/C20H23FN4O3/c1-12-18(8-22-23-20(12)27)24-9-14-6-17(21)19(7-15(14)10-24)28-11-16-4-3-5-25(16)13(2)26/h6-8,16H,3-5,9-11H2,1-2H3,(H,23,27). The molecule has 3 heterocycles. The predicted octanol–water partition coefficient (Wildman–Crippen LogP) is 2.13. The van der Waals surface area contributed by atoms with E-state index >= 15 is 0 Å². The second kappa shape index (κ2) is 7.26. The molecule has 0 saturated carbocycles. The number of halogens is 1. The Morgan fingerprint density at radius 1 is 1.36 bits per heavy atom. The number of anilines is 1. The molecule has 0 aliphatic carbocycles. The fourth-order valence-corrected chi connectivity index (χ4v) is 4.06. The van der Waals surface area contributed by atoms with E-state index in [4.69, 9.17) is 4.74 Å². The summed E-state index contributed by atoms with van der Waals surface area (Å²) in [5.74, 6) is -0.177. The Morgan fingerprint density at radius 2 is 2.11 bits per heavy atom. The fraction of sp³-hybridized carbons (Fsp3) is 0.450. The zero-order chi connectivity index (χ0) is 19.8. The van der Waals surface area contributed by atoms with Gasteiger partial charge >= 0.3 is 0 Å². The Bertz CT molecular complexity index is 974. The van der Waals surface area contributed by atoms with E-state index in [0.717, 1.165) is 36.2 Å². The summed E-state index contributed by atoms with van der Waals surface area (Å²) in [6.45, 7) is 5.38. The Morgan fingerprint density at radius 3 is 2.86 bits per heavy atom. The van der Waals surface area contributed by atoms with Gasteiger partial charge in [-0.05, 0) is 43.0 Å². The molecule has 2 aliphatic heterocycles. The third kappa shape index (κ3) is 3.34.